The Labute approximate surface area is 92.5 Å². The van der Waals surface area contributed by atoms with Crippen LogP contribution in [0.1, 0.15) is 5.56 Å². The molecule has 1 nitrogen and oxygen atoms in total. The van der Waals surface area contributed by atoms with E-state index in [9.17, 15) is 8.78 Å². The molecule has 82 valence electrons. The van der Waals surface area contributed by atoms with E-state index in [1.54, 1.807) is 18.2 Å². The smallest absolute Gasteiger partial charge is 0.123 e. The summed E-state index contributed by atoms with van der Waals surface area (Å²) >= 11 is 0. The first-order chi connectivity index (χ1) is 7.70. The van der Waals surface area contributed by atoms with Crippen LogP contribution >= 0.6 is 0 Å². The van der Waals surface area contributed by atoms with Gasteiger partial charge in [-0.15, -0.1) is 0 Å². The molecule has 2 rings (SSSR count). The van der Waals surface area contributed by atoms with E-state index < -0.39 is 0 Å². The monoisotopic (exact) mass is 219 g/mol. The van der Waals surface area contributed by atoms with Gasteiger partial charge in [-0.2, -0.15) is 0 Å². The summed E-state index contributed by atoms with van der Waals surface area (Å²) in [5.74, 6) is -0.633. The first kappa shape index (κ1) is 10.8. The van der Waals surface area contributed by atoms with Crippen molar-refractivity contribution < 1.29 is 8.78 Å². The summed E-state index contributed by atoms with van der Waals surface area (Å²) < 4.78 is 25.9. The van der Waals surface area contributed by atoms with Crippen LogP contribution in [0.15, 0.2) is 42.5 Å². The lowest BCUT2D eigenvalue weighted by atomic mass is 9.99. The van der Waals surface area contributed by atoms with Crippen LogP contribution in [0.4, 0.5) is 8.78 Å². The van der Waals surface area contributed by atoms with Crippen LogP contribution in [0.5, 0.6) is 0 Å². The van der Waals surface area contributed by atoms with Gasteiger partial charge in [0.15, 0.2) is 0 Å². The van der Waals surface area contributed by atoms with Gasteiger partial charge < -0.3 is 5.73 Å². The summed E-state index contributed by atoms with van der Waals surface area (Å²) in [6, 6.07) is 10.4. The summed E-state index contributed by atoms with van der Waals surface area (Å²) in [4.78, 5) is 0. The minimum atomic E-state index is -0.323. The van der Waals surface area contributed by atoms with Crippen molar-refractivity contribution in [2.24, 2.45) is 5.73 Å². The Morgan fingerprint density at radius 2 is 1.50 bits per heavy atom. The van der Waals surface area contributed by atoms with Crippen molar-refractivity contribution in [1.82, 2.24) is 0 Å². The van der Waals surface area contributed by atoms with E-state index in [2.05, 4.69) is 0 Å². The molecule has 0 bridgehead atoms. The van der Waals surface area contributed by atoms with Gasteiger partial charge in [0.25, 0.3) is 0 Å². The number of hydrogen-bond donors (Lipinski definition) is 1. The van der Waals surface area contributed by atoms with Crippen molar-refractivity contribution in [3.8, 4) is 11.1 Å². The van der Waals surface area contributed by atoms with Crippen LogP contribution in [-0.2, 0) is 6.54 Å². The summed E-state index contributed by atoms with van der Waals surface area (Å²) in [7, 11) is 0. The average Bonchev–Trinajstić information content (AvgIpc) is 2.30. The quantitative estimate of drug-likeness (QED) is 0.825. The van der Waals surface area contributed by atoms with E-state index in [1.807, 2.05) is 0 Å². The van der Waals surface area contributed by atoms with E-state index in [-0.39, 0.29) is 11.6 Å². The highest BCUT2D eigenvalue weighted by molar-refractivity contribution is 5.67. The summed E-state index contributed by atoms with van der Waals surface area (Å²) in [5.41, 5.74) is 7.89. The summed E-state index contributed by atoms with van der Waals surface area (Å²) in [5, 5.41) is 0. The zero-order chi connectivity index (χ0) is 11.5. The molecule has 2 N–H and O–H groups in total. The van der Waals surface area contributed by atoms with Crippen LogP contribution in [-0.4, -0.2) is 0 Å². The van der Waals surface area contributed by atoms with E-state index >= 15 is 0 Å². The Hall–Kier alpha value is -1.74. The van der Waals surface area contributed by atoms with Crippen molar-refractivity contribution in [2.75, 3.05) is 0 Å². The Bertz CT molecular complexity index is 492. The standard InChI is InChI=1S/C13H11F2N/c14-11-4-1-9(2-5-11)13-7-12(15)6-3-10(13)8-16/h1-7H,8,16H2. The van der Waals surface area contributed by atoms with Crippen molar-refractivity contribution in [3.63, 3.8) is 0 Å². The van der Waals surface area contributed by atoms with Gasteiger partial charge in [-0.25, -0.2) is 8.78 Å². The SMILES string of the molecule is NCc1ccc(F)cc1-c1ccc(F)cc1. The third-order valence-electron chi connectivity index (χ3n) is 2.45. The van der Waals surface area contributed by atoms with Crippen molar-refractivity contribution in [1.29, 1.82) is 0 Å². The molecule has 0 aliphatic rings. The van der Waals surface area contributed by atoms with Gasteiger partial charge in [0.2, 0.25) is 0 Å². The zero-order valence-corrected chi connectivity index (χ0v) is 8.58. The summed E-state index contributed by atoms with van der Waals surface area (Å²) in [6.07, 6.45) is 0. The van der Waals surface area contributed by atoms with Gasteiger partial charge in [-0.3, -0.25) is 0 Å². The van der Waals surface area contributed by atoms with Crippen molar-refractivity contribution in [2.45, 2.75) is 6.54 Å². The Morgan fingerprint density at radius 3 is 2.12 bits per heavy atom. The predicted octanol–water partition coefficient (Wildman–Crippen LogP) is 3.09. The van der Waals surface area contributed by atoms with E-state index in [4.69, 9.17) is 5.73 Å². The van der Waals surface area contributed by atoms with Crippen molar-refractivity contribution >= 4 is 0 Å². The first-order valence-corrected chi connectivity index (χ1v) is 4.95. The fraction of sp³-hybridized carbons (Fsp3) is 0.0769. The molecule has 0 spiro atoms. The van der Waals surface area contributed by atoms with Gasteiger partial charge in [-0.05, 0) is 41.0 Å². The maximum atomic E-state index is 13.1. The molecule has 2 aromatic rings. The number of benzene rings is 2. The Balaban J connectivity index is 2.53. The van der Waals surface area contributed by atoms with Gasteiger partial charge in [0.05, 0.1) is 0 Å². The highest BCUT2D eigenvalue weighted by atomic mass is 19.1. The van der Waals surface area contributed by atoms with E-state index in [0.717, 1.165) is 11.1 Å². The van der Waals surface area contributed by atoms with E-state index in [0.29, 0.717) is 12.1 Å². The third kappa shape index (κ3) is 2.09. The highest BCUT2D eigenvalue weighted by Gasteiger charge is 2.05. The molecule has 0 heterocycles. The highest BCUT2D eigenvalue weighted by Crippen LogP contribution is 2.24. The Kier molecular flexibility index (Phi) is 2.97. The molecule has 2 aromatic carbocycles. The lowest BCUT2D eigenvalue weighted by molar-refractivity contribution is 0.627. The van der Waals surface area contributed by atoms with Crippen molar-refractivity contribution in [3.05, 3.63) is 59.7 Å². The molecule has 3 heteroatoms. The third-order valence-corrected chi connectivity index (χ3v) is 2.45. The van der Waals surface area contributed by atoms with Crippen LogP contribution in [0.25, 0.3) is 11.1 Å². The molecule has 0 fully saturated rings. The molecule has 0 atom stereocenters. The second kappa shape index (κ2) is 4.41. The molecule has 0 unspecified atom stereocenters. The topological polar surface area (TPSA) is 26.0 Å². The lowest BCUT2D eigenvalue weighted by Gasteiger charge is -2.08. The van der Waals surface area contributed by atoms with Gasteiger partial charge in [0.1, 0.15) is 11.6 Å². The molecular formula is C13H11F2N. The van der Waals surface area contributed by atoms with Crippen LogP contribution in [0, 0.1) is 11.6 Å². The second-order valence-electron chi connectivity index (χ2n) is 3.51. The second-order valence-corrected chi connectivity index (χ2v) is 3.51. The molecule has 16 heavy (non-hydrogen) atoms. The number of rotatable bonds is 2. The molecule has 0 aliphatic heterocycles. The largest absolute Gasteiger partial charge is 0.326 e. The maximum Gasteiger partial charge on any atom is 0.123 e. The minimum Gasteiger partial charge on any atom is -0.326 e. The average molecular weight is 219 g/mol. The van der Waals surface area contributed by atoms with Gasteiger partial charge in [0, 0.05) is 6.54 Å². The minimum absolute atomic E-state index is 0.311. The fourth-order valence-corrected chi connectivity index (χ4v) is 1.62. The molecule has 0 aromatic heterocycles. The molecular weight excluding hydrogens is 208 g/mol. The van der Waals surface area contributed by atoms with Crippen LogP contribution in [0.2, 0.25) is 0 Å². The summed E-state index contributed by atoms with van der Waals surface area (Å²) in [6.45, 7) is 0.326. The molecule has 0 amide bonds. The normalized spacial score (nSPS) is 10.4. The molecule has 0 saturated carbocycles. The van der Waals surface area contributed by atoms with Gasteiger partial charge in [-0.1, -0.05) is 18.2 Å². The maximum absolute atomic E-state index is 13.1. The van der Waals surface area contributed by atoms with Gasteiger partial charge >= 0.3 is 0 Å². The van der Waals surface area contributed by atoms with E-state index in [1.165, 1.54) is 24.3 Å². The number of halogens is 2. The van der Waals surface area contributed by atoms with Crippen LogP contribution < -0.4 is 5.73 Å². The molecule has 0 saturated heterocycles. The Morgan fingerprint density at radius 1 is 0.875 bits per heavy atom. The number of hydrogen-bond acceptors (Lipinski definition) is 1. The number of nitrogens with two attached hydrogens (primary N) is 1. The predicted molar refractivity (Wildman–Crippen MR) is 59.7 cm³/mol. The lowest BCUT2D eigenvalue weighted by Crippen LogP contribution is -1.99. The fourth-order valence-electron chi connectivity index (χ4n) is 1.62. The first-order valence-electron chi connectivity index (χ1n) is 4.95. The van der Waals surface area contributed by atoms with Crippen LogP contribution in [0.3, 0.4) is 0 Å². The zero-order valence-electron chi connectivity index (χ0n) is 8.58. The molecule has 0 radical (unpaired) electrons. The molecule has 0 aliphatic carbocycles.